The Morgan fingerprint density at radius 1 is 0.425 bits per heavy atom. The van der Waals surface area contributed by atoms with Crippen LogP contribution in [0.25, 0.3) is 0 Å². The molecule has 0 fully saturated rings. The lowest BCUT2D eigenvalue weighted by Gasteiger charge is -2.29. The third-order valence-corrected chi connectivity index (χ3v) is 18.9. The van der Waals surface area contributed by atoms with Gasteiger partial charge in [0.25, 0.3) is 0 Å². The molecule has 0 aliphatic heterocycles. The molecule has 38 heteroatoms. The second kappa shape index (κ2) is 54.0. The largest absolute Gasteiger partial charge is 0.481 e. The predicted octanol–water partition coefficient (Wildman–Crippen LogP) is -0.105. The Hall–Kier alpha value is -9.50. The molecule has 0 spiro atoms. The molecule has 1 aromatic rings. The summed E-state index contributed by atoms with van der Waals surface area (Å²) in [7, 11) is 0. The minimum absolute atomic E-state index is 0.00480. The zero-order valence-corrected chi connectivity index (χ0v) is 73.3. The molecule has 120 heavy (non-hydrogen) atoms. The Balaban J connectivity index is 0.00000247. The van der Waals surface area contributed by atoms with E-state index in [-0.39, 0.29) is 111 Å². The van der Waals surface area contributed by atoms with E-state index in [9.17, 15) is 107 Å². The normalized spacial score (nSPS) is 14.8. The average molecular weight is 1700 g/mol. The van der Waals surface area contributed by atoms with Crippen LogP contribution in [-0.4, -0.2) is 241 Å². The van der Waals surface area contributed by atoms with Gasteiger partial charge < -0.3 is 101 Å². The minimum Gasteiger partial charge on any atom is -0.481 e. The first-order chi connectivity index (χ1) is 55.4. The van der Waals surface area contributed by atoms with E-state index in [1.54, 1.807) is 41.5 Å². The van der Waals surface area contributed by atoms with Gasteiger partial charge in [0.2, 0.25) is 35.4 Å². The number of primary amides is 1. The maximum absolute atomic E-state index is 13.8. The fourth-order valence-corrected chi connectivity index (χ4v) is 13.0. The lowest BCUT2D eigenvalue weighted by molar-refractivity contribution is -0.144. The number of aliphatic carboxylic acids is 1. The lowest BCUT2D eigenvalue weighted by Crippen LogP contribution is -2.50. The minimum atomic E-state index is -1.64. The molecule has 0 aromatic carbocycles. The maximum Gasteiger partial charge on any atom is 0.304 e. The topological polar surface area (TPSA) is 659 Å². The molecule has 680 valence electrons. The molecule has 38 nitrogen and oxygen atoms in total. The number of amides is 6. The van der Waals surface area contributed by atoms with Crippen LogP contribution in [0.2, 0.25) is 0 Å². The second-order valence-electron chi connectivity index (χ2n) is 35.8. The summed E-state index contributed by atoms with van der Waals surface area (Å²) in [5, 5.41) is 68.1. The first-order valence-electron chi connectivity index (χ1n) is 40.7. The highest BCUT2D eigenvalue weighted by molar-refractivity contribution is 6.01. The fraction of sp³-hybridized carbons (Fsp3) is 0.732. The van der Waals surface area contributed by atoms with Crippen molar-refractivity contribution in [3.05, 3.63) is 18.2 Å². The zero-order chi connectivity index (χ0) is 92.5. The summed E-state index contributed by atoms with van der Waals surface area (Å²) in [5.74, 6) is -19.7. The Kier molecular flexibility index (Phi) is 49.7. The van der Waals surface area contributed by atoms with E-state index in [2.05, 4.69) is 57.2 Å². The van der Waals surface area contributed by atoms with Gasteiger partial charge in [0.15, 0.2) is 52.4 Å². The molecule has 6 amide bonds. The monoisotopic (exact) mass is 1700 g/mol. The molecule has 0 unspecified atom stereocenters. The van der Waals surface area contributed by atoms with Crippen LogP contribution in [0.15, 0.2) is 22.5 Å². The number of H-pyrrole nitrogens is 1. The van der Waals surface area contributed by atoms with E-state index in [1.807, 2.05) is 69.2 Å². The number of Topliss-reactive ketones (excluding diaryl/α,β-unsaturated/α-hetero) is 10. The zero-order valence-electron chi connectivity index (χ0n) is 73.3. The first kappa shape index (κ1) is 110. The molecule has 0 saturated heterocycles. The number of carboxylic acids is 1. The van der Waals surface area contributed by atoms with E-state index in [1.165, 1.54) is 12.5 Å². The number of carbonyl (C=O) groups excluding carboxylic acids is 16. The molecule has 1 heterocycles. The standard InChI is InChI=1S/C47H78N10O12.C35H62N6O10/c1-26(2)13-35(57-47(7,8)9)38(63)19-31(23-58)42(67)53-22-33(61)16-28(11-10-12-52-45(49)50)43(68)56-36(24-59)39(64)18-30(14-27(3)60)44(69)55-34(20-40(48)65)37(62)17-29(41(66)46(4,5)6)15-32-21-51-25-54-32;1-20(2)12-25(41-35(6,7)8)27(45)15-23(18-42)31(50)39-17-24(44)13-21(10-9-11-38-33(36)37)32(51)40-26(19-43)28(46)14-22(16-29(47)48)30(49)34(3,4)5/h21,25-26,28-31,34-36,57-59H,10-20,22-24H2,1-9H3,(H2,48,65)(H,51,54)(H,53,67)(H,55,69)(H,56,68)(H4,49,50,52);20-23,25-26,41-43H,9-19H2,1-8H3,(H,39,50)(H,40,51)(H,47,48)(H4,36,37,38)/t28-,29-,30-,31+,34-,35-,36-;21-,22+,23+,25-,26-/m00/s1. The van der Waals surface area contributed by atoms with E-state index in [0.717, 1.165) is 6.92 Å². The van der Waals surface area contributed by atoms with Gasteiger partial charge in [-0.25, -0.2) is 4.98 Å². The number of hydrogen-bond donors (Lipinski definition) is 18. The molecule has 1 aromatic heterocycles. The van der Waals surface area contributed by atoms with Crippen LogP contribution in [0.5, 0.6) is 0 Å². The summed E-state index contributed by atoms with van der Waals surface area (Å²) in [6.07, 6.45) is -0.316. The van der Waals surface area contributed by atoms with Gasteiger partial charge in [-0.05, 0) is 105 Å². The molecular weight excluding hydrogens is 1560 g/mol. The highest BCUT2D eigenvalue weighted by Gasteiger charge is 2.40. The van der Waals surface area contributed by atoms with Crippen molar-refractivity contribution < 1.29 is 107 Å². The van der Waals surface area contributed by atoms with Gasteiger partial charge in [0, 0.05) is 122 Å². The molecule has 0 aliphatic carbocycles. The second-order valence-corrected chi connectivity index (χ2v) is 35.8. The quantitative estimate of drug-likeness (QED) is 0.0230. The van der Waals surface area contributed by atoms with Gasteiger partial charge in [-0.3, -0.25) is 86.7 Å². The fourth-order valence-electron chi connectivity index (χ4n) is 13.0. The summed E-state index contributed by atoms with van der Waals surface area (Å²) in [6.45, 7) is 26.3. The Morgan fingerprint density at radius 2 is 0.775 bits per heavy atom. The Labute approximate surface area is 704 Å². The lowest BCUT2D eigenvalue weighted by atomic mass is 9.78. The predicted molar refractivity (Wildman–Crippen MR) is 447 cm³/mol. The van der Waals surface area contributed by atoms with Crippen molar-refractivity contribution in [2.75, 3.05) is 52.6 Å². The van der Waals surface area contributed by atoms with Gasteiger partial charge in [0.05, 0.1) is 94.6 Å². The van der Waals surface area contributed by atoms with E-state index < -0.39 is 254 Å². The Bertz CT molecular complexity index is 3640. The summed E-state index contributed by atoms with van der Waals surface area (Å²) < 4.78 is 0. The number of aliphatic imine (C=N–C) groups is 2. The molecule has 23 N–H and O–H groups in total. The number of aromatic amines is 1. The van der Waals surface area contributed by atoms with Gasteiger partial charge >= 0.3 is 5.97 Å². The van der Waals surface area contributed by atoms with Crippen LogP contribution in [0.4, 0.5) is 0 Å². The highest BCUT2D eigenvalue weighted by Crippen LogP contribution is 2.29. The number of nitrogens with two attached hydrogens (primary N) is 5. The van der Waals surface area contributed by atoms with Gasteiger partial charge in [-0.15, -0.1) is 0 Å². The van der Waals surface area contributed by atoms with Gasteiger partial charge in [-0.1, -0.05) is 69.2 Å². The third kappa shape index (κ3) is 46.9. The van der Waals surface area contributed by atoms with Crippen LogP contribution < -0.4 is 65.9 Å². The van der Waals surface area contributed by atoms with Gasteiger partial charge in [0.1, 0.15) is 29.4 Å². The highest BCUT2D eigenvalue weighted by atomic mass is 16.4. The van der Waals surface area contributed by atoms with Crippen molar-refractivity contribution in [1.29, 1.82) is 0 Å². The van der Waals surface area contributed by atoms with Crippen LogP contribution in [0, 0.1) is 64.1 Å². The molecule has 0 radical (unpaired) electrons. The molecule has 0 aliphatic rings. The third-order valence-electron chi connectivity index (χ3n) is 18.9. The molecule has 0 bridgehead atoms. The smallest absolute Gasteiger partial charge is 0.304 e. The maximum atomic E-state index is 13.8. The number of guanidine groups is 2. The van der Waals surface area contributed by atoms with E-state index >= 15 is 0 Å². The van der Waals surface area contributed by atoms with Gasteiger partial charge in [-0.2, -0.15) is 0 Å². The number of hydrogen-bond acceptors (Lipinski definition) is 26. The number of aromatic nitrogens is 2. The van der Waals surface area contributed by atoms with E-state index in [4.69, 9.17) is 28.7 Å². The average Bonchev–Trinajstić information content (AvgIpc) is 1.14. The Morgan fingerprint density at radius 3 is 1.10 bits per heavy atom. The SMILES string of the molecule is CC(=O)C[C@@H](CC(=O)[C@H](CO)NC(=O)[C@@H](CCCN=C(N)N)CC(=O)CNC(=O)[C@@H](CO)CC(=O)[C@H](CC(C)C)NC(C)(C)C)C(=O)N[C@@H](CC(N)=O)C(=O)C[C@H](Cc1cnc[nH]1)C(=O)C(C)(C)C.CC(C)C[C@H](NC(C)(C)C)C(=O)C[C@H](CO)C(=O)NCC(=O)C[C@H](CCCN=C(N)N)C(=O)N[C@@H](CO)C(=O)C[C@H](CC(=O)O)C(=O)C(C)(C)C. The summed E-state index contributed by atoms with van der Waals surface area (Å²) in [5.41, 5.74) is 25.0. The number of imidazole rings is 1. The summed E-state index contributed by atoms with van der Waals surface area (Å²) >= 11 is 0. The summed E-state index contributed by atoms with van der Waals surface area (Å²) in [6, 6.07) is -5.78. The van der Waals surface area contributed by atoms with Crippen molar-refractivity contribution in [3.63, 3.8) is 0 Å². The van der Waals surface area contributed by atoms with Crippen molar-refractivity contribution in [1.82, 2.24) is 47.2 Å². The van der Waals surface area contributed by atoms with Crippen LogP contribution in [-0.2, 0) is 87.9 Å². The molecule has 0 saturated carbocycles. The van der Waals surface area contributed by atoms with E-state index in [0.29, 0.717) is 18.5 Å². The molecule has 12 atom stereocenters. The van der Waals surface area contributed by atoms with Crippen molar-refractivity contribution in [2.45, 2.75) is 268 Å². The summed E-state index contributed by atoms with van der Waals surface area (Å²) in [4.78, 5) is 237. The number of nitrogens with one attached hydrogen (secondary N) is 8. The first-order valence-corrected chi connectivity index (χ1v) is 40.7. The number of rotatable bonds is 59. The van der Waals surface area contributed by atoms with Crippen molar-refractivity contribution >= 4 is 111 Å². The number of aliphatic hydroxyl groups excluding tert-OH is 4. The number of carbonyl (C=O) groups is 17. The number of nitrogens with zero attached hydrogens (tertiary/aromatic N) is 3. The van der Waals surface area contributed by atoms with Crippen molar-refractivity contribution in [3.8, 4) is 0 Å². The number of aliphatic hydroxyl groups is 4. The molecule has 1 rings (SSSR count). The van der Waals surface area contributed by atoms with Crippen molar-refractivity contribution in [2.24, 2.45) is 103 Å². The molecular formula is C82H140N16O22. The van der Waals surface area contributed by atoms with Crippen LogP contribution in [0.3, 0.4) is 0 Å². The van der Waals surface area contributed by atoms with Crippen LogP contribution in [0.1, 0.15) is 226 Å². The van der Waals surface area contributed by atoms with Crippen LogP contribution >= 0.6 is 0 Å². The number of carboxylic acid groups (broad SMARTS) is 1. The number of ketones is 10.